The fraction of sp³-hybridized carbons (Fsp3) is 0.857. The van der Waals surface area contributed by atoms with E-state index in [9.17, 15) is 9.59 Å². The monoisotopic (exact) mass is 282 g/mol. The van der Waals surface area contributed by atoms with Gasteiger partial charge in [-0.3, -0.25) is 4.79 Å². The second-order valence-electron chi connectivity index (χ2n) is 6.37. The van der Waals surface area contributed by atoms with E-state index in [0.29, 0.717) is 25.0 Å². The van der Waals surface area contributed by atoms with Crippen LogP contribution in [-0.2, 0) is 4.79 Å². The summed E-state index contributed by atoms with van der Waals surface area (Å²) in [4.78, 5) is 29.6. The predicted molar refractivity (Wildman–Crippen MR) is 77.1 cm³/mol. The van der Waals surface area contributed by atoms with Crippen LogP contribution in [-0.4, -0.2) is 73.0 Å². The second-order valence-corrected chi connectivity index (χ2v) is 6.37. The van der Waals surface area contributed by atoms with Crippen LogP contribution in [0.15, 0.2) is 0 Å². The van der Waals surface area contributed by atoms with Gasteiger partial charge in [-0.1, -0.05) is 6.92 Å². The Hall–Kier alpha value is -1.30. The molecule has 2 aliphatic rings. The van der Waals surface area contributed by atoms with E-state index in [1.54, 1.807) is 4.90 Å². The van der Waals surface area contributed by atoms with Crippen molar-refractivity contribution in [1.29, 1.82) is 0 Å². The van der Waals surface area contributed by atoms with Gasteiger partial charge in [-0.25, -0.2) is 4.79 Å². The van der Waals surface area contributed by atoms with E-state index in [1.165, 1.54) is 0 Å². The molecular formula is C14H26N4O2. The van der Waals surface area contributed by atoms with E-state index in [4.69, 9.17) is 5.73 Å². The molecule has 6 nitrogen and oxygen atoms in total. The van der Waals surface area contributed by atoms with Crippen LogP contribution in [0.4, 0.5) is 4.79 Å². The lowest BCUT2D eigenvalue weighted by molar-refractivity contribution is -0.136. The maximum Gasteiger partial charge on any atom is 0.314 e. The van der Waals surface area contributed by atoms with Crippen molar-refractivity contribution in [2.45, 2.75) is 25.8 Å². The number of amides is 3. The summed E-state index contributed by atoms with van der Waals surface area (Å²) >= 11 is 0. The van der Waals surface area contributed by atoms with Gasteiger partial charge in [0.05, 0.1) is 5.92 Å². The zero-order valence-electron chi connectivity index (χ0n) is 12.7. The Morgan fingerprint density at radius 1 is 1.15 bits per heavy atom. The Morgan fingerprint density at radius 3 is 2.40 bits per heavy atom. The van der Waals surface area contributed by atoms with Crippen molar-refractivity contribution in [3.8, 4) is 0 Å². The third-order valence-electron chi connectivity index (χ3n) is 4.63. The number of urea groups is 1. The smallest absolute Gasteiger partial charge is 0.314 e. The molecule has 2 fully saturated rings. The molecule has 20 heavy (non-hydrogen) atoms. The number of hydrogen-bond acceptors (Lipinski definition) is 3. The predicted octanol–water partition coefficient (Wildman–Crippen LogP) is 0.186. The molecule has 2 rings (SSSR count). The Labute approximate surface area is 120 Å². The molecule has 3 unspecified atom stereocenters. The third-order valence-corrected chi connectivity index (χ3v) is 4.63. The maximum atomic E-state index is 12.6. The Balaban J connectivity index is 1.96. The van der Waals surface area contributed by atoms with Crippen molar-refractivity contribution < 1.29 is 9.59 Å². The van der Waals surface area contributed by atoms with Crippen LogP contribution in [0.2, 0.25) is 0 Å². The highest BCUT2D eigenvalue weighted by atomic mass is 16.2. The first kappa shape index (κ1) is 15.1. The highest BCUT2D eigenvalue weighted by molar-refractivity contribution is 5.81. The van der Waals surface area contributed by atoms with Crippen molar-refractivity contribution >= 4 is 11.9 Å². The number of hydrogen-bond donors (Lipinski definition) is 1. The van der Waals surface area contributed by atoms with Gasteiger partial charge in [-0.2, -0.15) is 0 Å². The Morgan fingerprint density at radius 2 is 1.85 bits per heavy atom. The number of nitrogens with zero attached hydrogens (tertiary/aromatic N) is 3. The first-order valence-electron chi connectivity index (χ1n) is 7.39. The highest BCUT2D eigenvalue weighted by Gasteiger charge is 2.37. The minimum Gasteiger partial charge on any atom is -0.351 e. The molecule has 3 amide bonds. The number of rotatable bonds is 2. The van der Waals surface area contributed by atoms with Crippen LogP contribution in [0.1, 0.15) is 19.8 Å². The molecule has 3 atom stereocenters. The second kappa shape index (κ2) is 5.99. The summed E-state index contributed by atoms with van der Waals surface area (Å²) < 4.78 is 0. The van der Waals surface area contributed by atoms with Gasteiger partial charge in [0.2, 0.25) is 5.91 Å². The molecule has 0 bridgehead atoms. The minimum absolute atomic E-state index is 0.0793. The third kappa shape index (κ3) is 3.06. The number of carbonyl (C=O) groups excluding carboxylic acids is 2. The molecule has 114 valence electrons. The number of primary amides is 1. The van der Waals surface area contributed by atoms with Gasteiger partial charge in [0.25, 0.3) is 0 Å². The molecule has 0 aliphatic carbocycles. The van der Waals surface area contributed by atoms with E-state index in [1.807, 2.05) is 4.90 Å². The van der Waals surface area contributed by atoms with E-state index < -0.39 is 6.03 Å². The molecular weight excluding hydrogens is 256 g/mol. The molecule has 0 radical (unpaired) electrons. The largest absolute Gasteiger partial charge is 0.351 e. The van der Waals surface area contributed by atoms with Gasteiger partial charge in [-0.15, -0.1) is 0 Å². The molecule has 2 aliphatic heterocycles. The number of likely N-dealkylation sites (tertiary alicyclic amines) is 2. The van der Waals surface area contributed by atoms with Crippen molar-refractivity contribution in [2.75, 3.05) is 40.3 Å². The van der Waals surface area contributed by atoms with E-state index >= 15 is 0 Å². The molecule has 2 N–H and O–H groups in total. The van der Waals surface area contributed by atoms with E-state index in [2.05, 4.69) is 25.9 Å². The lowest BCUT2D eigenvalue weighted by Crippen LogP contribution is -2.48. The average Bonchev–Trinajstić information content (AvgIpc) is 2.80. The van der Waals surface area contributed by atoms with E-state index in [0.717, 1.165) is 25.9 Å². The molecule has 2 saturated heterocycles. The first-order chi connectivity index (χ1) is 9.40. The van der Waals surface area contributed by atoms with Crippen molar-refractivity contribution in [2.24, 2.45) is 17.6 Å². The minimum atomic E-state index is -0.413. The van der Waals surface area contributed by atoms with Crippen LogP contribution >= 0.6 is 0 Å². The van der Waals surface area contributed by atoms with Gasteiger partial charge >= 0.3 is 6.03 Å². The van der Waals surface area contributed by atoms with E-state index in [-0.39, 0.29) is 11.8 Å². The molecule has 0 aromatic carbocycles. The summed E-state index contributed by atoms with van der Waals surface area (Å²) in [7, 11) is 4.12. The topological polar surface area (TPSA) is 69.9 Å². The Bertz CT molecular complexity index is 385. The number of likely N-dealkylation sites (N-methyl/N-ethyl adjacent to an activating group) is 1. The molecule has 0 spiro atoms. The quantitative estimate of drug-likeness (QED) is 0.786. The van der Waals surface area contributed by atoms with Crippen molar-refractivity contribution in [3.63, 3.8) is 0 Å². The van der Waals surface area contributed by atoms with Crippen LogP contribution in [0.3, 0.4) is 0 Å². The van der Waals surface area contributed by atoms with Crippen LogP contribution in [0, 0.1) is 11.8 Å². The molecule has 0 aromatic rings. The summed E-state index contributed by atoms with van der Waals surface area (Å²) in [6, 6.07) is 0.0123. The first-order valence-corrected chi connectivity index (χ1v) is 7.39. The summed E-state index contributed by atoms with van der Waals surface area (Å²) in [6.07, 6.45) is 1.72. The molecule has 6 heteroatoms. The lowest BCUT2D eigenvalue weighted by atomic mass is 9.97. The average molecular weight is 282 g/mol. The molecule has 2 heterocycles. The van der Waals surface area contributed by atoms with Crippen molar-refractivity contribution in [1.82, 2.24) is 14.7 Å². The maximum absolute atomic E-state index is 12.6. The van der Waals surface area contributed by atoms with Crippen LogP contribution in [0.5, 0.6) is 0 Å². The number of nitrogens with two attached hydrogens (primary N) is 1. The zero-order valence-corrected chi connectivity index (χ0v) is 12.7. The Kier molecular flexibility index (Phi) is 4.52. The summed E-state index contributed by atoms with van der Waals surface area (Å²) in [5.74, 6) is 0.598. The summed E-state index contributed by atoms with van der Waals surface area (Å²) in [5, 5.41) is 0. The van der Waals surface area contributed by atoms with Crippen LogP contribution < -0.4 is 5.73 Å². The van der Waals surface area contributed by atoms with Gasteiger partial charge in [0.1, 0.15) is 0 Å². The number of carbonyl (C=O) groups is 2. The van der Waals surface area contributed by atoms with Gasteiger partial charge < -0.3 is 20.4 Å². The normalized spacial score (nSPS) is 30.9. The lowest BCUT2D eigenvalue weighted by Gasteiger charge is -2.33. The summed E-state index contributed by atoms with van der Waals surface area (Å²) in [5.41, 5.74) is 5.32. The number of piperidine rings is 1. The molecule has 0 saturated carbocycles. The van der Waals surface area contributed by atoms with Crippen molar-refractivity contribution in [3.05, 3.63) is 0 Å². The van der Waals surface area contributed by atoms with Gasteiger partial charge in [-0.05, 0) is 32.9 Å². The fourth-order valence-corrected chi connectivity index (χ4v) is 3.44. The molecule has 0 aromatic heterocycles. The van der Waals surface area contributed by atoms with Crippen LogP contribution in [0.25, 0.3) is 0 Å². The standard InChI is InChI=1S/C14H26N4O2/c1-10-7-18(9-12(10)16(2)3)13(19)11-5-4-6-17(8-11)14(15)20/h10-12H,4-9H2,1-3H3,(H2,15,20). The fourth-order valence-electron chi connectivity index (χ4n) is 3.44. The highest BCUT2D eigenvalue weighted by Crippen LogP contribution is 2.25. The SMILES string of the molecule is CC1CN(C(=O)C2CCCN(C(N)=O)C2)CC1N(C)C. The van der Waals surface area contributed by atoms with Gasteiger partial charge in [0.15, 0.2) is 0 Å². The summed E-state index contributed by atoms with van der Waals surface area (Å²) in [6.45, 7) is 4.95. The van der Waals surface area contributed by atoms with Gasteiger partial charge in [0, 0.05) is 32.2 Å². The zero-order chi connectivity index (χ0) is 14.9.